The molecular formula is C15H13BrCl2N2O. The summed E-state index contributed by atoms with van der Waals surface area (Å²) in [4.78, 5) is 11.8. The van der Waals surface area contributed by atoms with E-state index in [4.69, 9.17) is 23.2 Å². The molecule has 0 radical (unpaired) electrons. The van der Waals surface area contributed by atoms with Crippen molar-refractivity contribution in [1.29, 1.82) is 0 Å². The number of benzene rings is 2. The lowest BCUT2D eigenvalue weighted by atomic mass is 10.2. The van der Waals surface area contributed by atoms with Crippen LogP contribution in [0.3, 0.4) is 0 Å². The van der Waals surface area contributed by atoms with Gasteiger partial charge in [0.05, 0.1) is 22.3 Å². The highest BCUT2D eigenvalue weighted by Gasteiger charge is 2.09. The van der Waals surface area contributed by atoms with Gasteiger partial charge >= 0.3 is 0 Å². The van der Waals surface area contributed by atoms with Crippen molar-refractivity contribution in [2.75, 3.05) is 11.9 Å². The van der Waals surface area contributed by atoms with Crippen molar-refractivity contribution in [2.45, 2.75) is 6.54 Å². The molecule has 2 aromatic rings. The van der Waals surface area contributed by atoms with Crippen molar-refractivity contribution >= 4 is 50.7 Å². The van der Waals surface area contributed by atoms with Crippen LogP contribution in [0, 0.1) is 0 Å². The Hall–Kier alpha value is -1.23. The third-order valence-electron chi connectivity index (χ3n) is 2.81. The molecule has 0 unspecified atom stereocenters. The highest BCUT2D eigenvalue weighted by atomic mass is 79.9. The third-order valence-corrected chi connectivity index (χ3v) is 4.58. The maximum atomic E-state index is 11.8. The van der Waals surface area contributed by atoms with Gasteiger partial charge in [0.15, 0.2) is 0 Å². The van der Waals surface area contributed by atoms with Crippen LogP contribution in [0.25, 0.3) is 0 Å². The standard InChI is InChI=1S/C15H13BrCl2N2O/c16-11-6-7-12(15(18)14(11)17)19-9-13(21)20-8-10-4-2-1-3-5-10/h1-7,19H,8-9H2,(H,20,21). The largest absolute Gasteiger partial charge is 0.375 e. The van der Waals surface area contributed by atoms with Crippen LogP contribution in [0.5, 0.6) is 0 Å². The predicted molar refractivity (Wildman–Crippen MR) is 90.9 cm³/mol. The average Bonchev–Trinajstić information content (AvgIpc) is 2.51. The van der Waals surface area contributed by atoms with E-state index in [2.05, 4.69) is 26.6 Å². The van der Waals surface area contributed by atoms with Gasteiger partial charge in [0.25, 0.3) is 0 Å². The van der Waals surface area contributed by atoms with Gasteiger partial charge in [0.1, 0.15) is 0 Å². The zero-order valence-corrected chi connectivity index (χ0v) is 14.1. The second kappa shape index (κ2) is 7.69. The molecular weight excluding hydrogens is 375 g/mol. The molecule has 6 heteroatoms. The van der Waals surface area contributed by atoms with Gasteiger partial charge in [-0.2, -0.15) is 0 Å². The summed E-state index contributed by atoms with van der Waals surface area (Å²) >= 11 is 15.4. The van der Waals surface area contributed by atoms with Crippen molar-refractivity contribution in [3.63, 3.8) is 0 Å². The van der Waals surface area contributed by atoms with Gasteiger partial charge in [-0.3, -0.25) is 4.79 Å². The molecule has 2 rings (SSSR count). The molecule has 0 atom stereocenters. The molecule has 0 aliphatic carbocycles. The zero-order valence-electron chi connectivity index (χ0n) is 11.0. The molecule has 1 amide bonds. The van der Waals surface area contributed by atoms with E-state index < -0.39 is 0 Å². The summed E-state index contributed by atoms with van der Waals surface area (Å²) in [6, 6.07) is 13.3. The first-order valence-corrected chi connectivity index (χ1v) is 7.81. The molecule has 0 heterocycles. The van der Waals surface area contributed by atoms with E-state index in [1.165, 1.54) is 0 Å². The molecule has 0 aliphatic rings. The Bertz CT molecular complexity index is 635. The number of anilines is 1. The van der Waals surface area contributed by atoms with Gasteiger partial charge in [-0.1, -0.05) is 53.5 Å². The summed E-state index contributed by atoms with van der Waals surface area (Å²) in [7, 11) is 0. The molecule has 110 valence electrons. The lowest BCUT2D eigenvalue weighted by Crippen LogP contribution is -2.29. The van der Waals surface area contributed by atoms with Gasteiger partial charge < -0.3 is 10.6 Å². The lowest BCUT2D eigenvalue weighted by Gasteiger charge is -2.10. The number of hydrogen-bond acceptors (Lipinski definition) is 2. The van der Waals surface area contributed by atoms with Crippen LogP contribution in [0.1, 0.15) is 5.56 Å². The van der Waals surface area contributed by atoms with E-state index in [1.54, 1.807) is 12.1 Å². The Balaban J connectivity index is 1.86. The number of rotatable bonds is 5. The molecule has 0 spiro atoms. The van der Waals surface area contributed by atoms with Crippen molar-refractivity contribution in [3.05, 3.63) is 62.5 Å². The predicted octanol–water partition coefficient (Wildman–Crippen LogP) is 4.48. The SMILES string of the molecule is O=C(CNc1ccc(Br)c(Cl)c1Cl)NCc1ccccc1. The topological polar surface area (TPSA) is 41.1 Å². The van der Waals surface area contributed by atoms with E-state index in [0.717, 1.165) is 5.56 Å². The van der Waals surface area contributed by atoms with Gasteiger partial charge in [-0.15, -0.1) is 0 Å². The van der Waals surface area contributed by atoms with Gasteiger partial charge in [-0.05, 0) is 33.6 Å². The number of hydrogen-bond donors (Lipinski definition) is 2. The van der Waals surface area contributed by atoms with Crippen LogP contribution < -0.4 is 10.6 Å². The Labute approximate surface area is 141 Å². The maximum absolute atomic E-state index is 11.8. The van der Waals surface area contributed by atoms with Gasteiger partial charge in [-0.25, -0.2) is 0 Å². The van der Waals surface area contributed by atoms with Crippen molar-refractivity contribution < 1.29 is 4.79 Å². The fourth-order valence-corrected chi connectivity index (χ4v) is 2.54. The number of carbonyl (C=O) groups is 1. The molecule has 0 aliphatic heterocycles. The van der Waals surface area contributed by atoms with Gasteiger partial charge in [0, 0.05) is 11.0 Å². The minimum atomic E-state index is -0.117. The summed E-state index contributed by atoms with van der Waals surface area (Å²) in [6.07, 6.45) is 0. The highest BCUT2D eigenvalue weighted by molar-refractivity contribution is 9.10. The fraction of sp³-hybridized carbons (Fsp3) is 0.133. The highest BCUT2D eigenvalue weighted by Crippen LogP contribution is 2.35. The minimum Gasteiger partial charge on any atom is -0.375 e. The molecule has 0 aromatic heterocycles. The van der Waals surface area contributed by atoms with Crippen LogP contribution >= 0.6 is 39.1 Å². The Morgan fingerprint density at radius 1 is 1.05 bits per heavy atom. The van der Waals surface area contributed by atoms with E-state index in [-0.39, 0.29) is 12.5 Å². The summed E-state index contributed by atoms with van der Waals surface area (Å²) in [5.41, 5.74) is 1.68. The third kappa shape index (κ3) is 4.63. The molecule has 21 heavy (non-hydrogen) atoms. The first-order valence-electron chi connectivity index (χ1n) is 6.26. The Morgan fingerprint density at radius 3 is 2.48 bits per heavy atom. The van der Waals surface area contributed by atoms with E-state index in [9.17, 15) is 4.79 Å². The smallest absolute Gasteiger partial charge is 0.239 e. The monoisotopic (exact) mass is 386 g/mol. The van der Waals surface area contributed by atoms with E-state index >= 15 is 0 Å². The van der Waals surface area contributed by atoms with Crippen LogP contribution in [0.15, 0.2) is 46.9 Å². The fourth-order valence-electron chi connectivity index (χ4n) is 1.70. The minimum absolute atomic E-state index is 0.117. The second-order valence-electron chi connectivity index (χ2n) is 4.34. The zero-order chi connectivity index (χ0) is 15.2. The van der Waals surface area contributed by atoms with Crippen LogP contribution in [-0.2, 0) is 11.3 Å². The molecule has 0 bridgehead atoms. The Kier molecular flexibility index (Phi) is 5.91. The molecule has 0 saturated carbocycles. The molecule has 2 N–H and O–H groups in total. The summed E-state index contributed by atoms with van der Waals surface area (Å²) in [5.74, 6) is -0.117. The number of nitrogens with one attached hydrogen (secondary N) is 2. The van der Waals surface area contributed by atoms with Crippen LogP contribution in [0.4, 0.5) is 5.69 Å². The second-order valence-corrected chi connectivity index (χ2v) is 5.95. The van der Waals surface area contributed by atoms with E-state index in [1.807, 2.05) is 30.3 Å². The number of carbonyl (C=O) groups excluding carboxylic acids is 1. The normalized spacial score (nSPS) is 10.2. The molecule has 0 fully saturated rings. The summed E-state index contributed by atoms with van der Waals surface area (Å²) < 4.78 is 0.716. The van der Waals surface area contributed by atoms with Crippen LogP contribution in [0.2, 0.25) is 10.0 Å². The van der Waals surface area contributed by atoms with Crippen molar-refractivity contribution in [1.82, 2.24) is 5.32 Å². The molecule has 0 saturated heterocycles. The van der Waals surface area contributed by atoms with Crippen LogP contribution in [-0.4, -0.2) is 12.5 Å². The Morgan fingerprint density at radius 2 is 1.76 bits per heavy atom. The van der Waals surface area contributed by atoms with Gasteiger partial charge in [0.2, 0.25) is 5.91 Å². The average molecular weight is 388 g/mol. The lowest BCUT2D eigenvalue weighted by molar-refractivity contribution is -0.119. The quantitative estimate of drug-likeness (QED) is 0.742. The van der Waals surface area contributed by atoms with Crippen molar-refractivity contribution in [3.8, 4) is 0 Å². The first-order chi connectivity index (χ1) is 10.1. The summed E-state index contributed by atoms with van der Waals surface area (Å²) in [5, 5.41) is 6.61. The van der Waals surface area contributed by atoms with Crippen molar-refractivity contribution in [2.24, 2.45) is 0 Å². The molecule has 3 nitrogen and oxygen atoms in total. The maximum Gasteiger partial charge on any atom is 0.239 e. The first kappa shape index (κ1) is 16.1. The van der Waals surface area contributed by atoms with E-state index in [0.29, 0.717) is 26.8 Å². The number of amides is 1. The molecule has 2 aromatic carbocycles. The summed E-state index contributed by atoms with van der Waals surface area (Å²) in [6.45, 7) is 0.626. The number of halogens is 3.